The molecule has 0 saturated carbocycles. The molecule has 5 atom stereocenters. The average Bonchev–Trinajstić information content (AvgIpc) is 3.51. The second-order valence-corrected chi connectivity index (χ2v) is 9.49. The average molecular weight is 531 g/mol. The topological polar surface area (TPSA) is 221 Å². The Labute approximate surface area is 218 Å². The highest BCUT2D eigenvalue weighted by Gasteiger charge is 2.39. The fraction of sp³-hybridized carbons (Fsp3) is 0.480. The van der Waals surface area contributed by atoms with Crippen molar-refractivity contribution >= 4 is 40.5 Å². The fourth-order valence-electron chi connectivity index (χ4n) is 4.59. The largest absolute Gasteiger partial charge is 0.480 e. The monoisotopic (exact) mass is 530 g/mol. The van der Waals surface area contributed by atoms with E-state index in [9.17, 15) is 34.2 Å². The van der Waals surface area contributed by atoms with Crippen LogP contribution in [0, 0.1) is 0 Å². The van der Waals surface area contributed by atoms with Crippen molar-refractivity contribution in [3.05, 3.63) is 36.0 Å². The zero-order chi connectivity index (χ0) is 28.0. The van der Waals surface area contributed by atoms with Crippen LogP contribution in [0.15, 0.2) is 30.5 Å². The first-order valence-electron chi connectivity index (χ1n) is 12.4. The molecular formula is C25H34N6O7. The number of carbonyl (C=O) groups is 5. The molecule has 3 rings (SSSR count). The Hall–Kier alpha value is -3.97. The maximum Gasteiger partial charge on any atom is 0.328 e. The maximum absolute atomic E-state index is 13.4. The predicted molar refractivity (Wildman–Crippen MR) is 136 cm³/mol. The van der Waals surface area contributed by atoms with Gasteiger partial charge in [0.1, 0.15) is 12.1 Å². The number of hydrogen-bond donors (Lipinski definition) is 7. The summed E-state index contributed by atoms with van der Waals surface area (Å²) in [6.07, 6.45) is 1.03. The summed E-state index contributed by atoms with van der Waals surface area (Å²) in [4.78, 5) is 66.4. The van der Waals surface area contributed by atoms with E-state index in [1.54, 1.807) is 6.20 Å². The molecule has 9 N–H and O–H groups in total. The number of nitrogens with one attached hydrogen (secondary N) is 3. The number of likely N-dealkylation sites (tertiary alicyclic amines) is 1. The second-order valence-electron chi connectivity index (χ2n) is 9.49. The lowest BCUT2D eigenvalue weighted by Crippen LogP contribution is -2.58. The number of nitrogens with two attached hydrogens (primary N) is 2. The summed E-state index contributed by atoms with van der Waals surface area (Å²) >= 11 is 0. The lowest BCUT2D eigenvalue weighted by atomic mass is 10.0. The lowest BCUT2D eigenvalue weighted by Gasteiger charge is -2.30. The van der Waals surface area contributed by atoms with E-state index in [2.05, 4.69) is 15.6 Å². The molecule has 1 aromatic carbocycles. The number of aromatic nitrogens is 1. The molecule has 13 heteroatoms. The third-order valence-electron chi connectivity index (χ3n) is 6.63. The Morgan fingerprint density at radius 1 is 1.18 bits per heavy atom. The SMILES string of the molecule is CC(O)C(NC(=O)C1CCCN1C(=O)C(CCC(N)=O)NC(=O)C(N)Cc1c[nH]c2ccccc12)C(=O)O. The smallest absolute Gasteiger partial charge is 0.328 e. The molecule has 5 unspecified atom stereocenters. The van der Waals surface area contributed by atoms with E-state index in [4.69, 9.17) is 11.5 Å². The number of carboxylic acids is 1. The predicted octanol–water partition coefficient (Wildman–Crippen LogP) is -1.27. The van der Waals surface area contributed by atoms with Crippen LogP contribution in [0.4, 0.5) is 0 Å². The van der Waals surface area contributed by atoms with Crippen LogP contribution in [0.3, 0.4) is 0 Å². The summed E-state index contributed by atoms with van der Waals surface area (Å²) in [5.74, 6) is -4.05. The summed E-state index contributed by atoms with van der Waals surface area (Å²) in [6.45, 7) is 1.42. The van der Waals surface area contributed by atoms with Crippen molar-refractivity contribution in [2.45, 2.75) is 69.3 Å². The number of aliphatic hydroxyl groups excluding tert-OH is 1. The molecular weight excluding hydrogens is 496 g/mol. The minimum Gasteiger partial charge on any atom is -0.480 e. The Balaban J connectivity index is 1.72. The van der Waals surface area contributed by atoms with Gasteiger partial charge in [-0.1, -0.05) is 18.2 Å². The summed E-state index contributed by atoms with van der Waals surface area (Å²) in [5.41, 5.74) is 13.1. The van der Waals surface area contributed by atoms with Crippen LogP contribution < -0.4 is 22.1 Å². The minimum absolute atomic E-state index is 0.101. The molecule has 0 aliphatic carbocycles. The molecule has 1 fully saturated rings. The highest BCUT2D eigenvalue weighted by atomic mass is 16.4. The number of aromatic amines is 1. The number of aliphatic hydroxyl groups is 1. The number of aliphatic carboxylic acids is 1. The Morgan fingerprint density at radius 2 is 1.89 bits per heavy atom. The zero-order valence-electron chi connectivity index (χ0n) is 21.1. The van der Waals surface area contributed by atoms with Crippen LogP contribution in [-0.4, -0.2) is 86.5 Å². The van der Waals surface area contributed by atoms with Crippen LogP contribution >= 0.6 is 0 Å². The number of primary amides is 1. The van der Waals surface area contributed by atoms with E-state index in [1.807, 2.05) is 24.3 Å². The summed E-state index contributed by atoms with van der Waals surface area (Å²) in [5, 5.41) is 24.7. The third kappa shape index (κ3) is 6.86. The maximum atomic E-state index is 13.4. The van der Waals surface area contributed by atoms with Gasteiger partial charge >= 0.3 is 5.97 Å². The van der Waals surface area contributed by atoms with E-state index < -0.39 is 59.9 Å². The number of H-pyrrole nitrogens is 1. The summed E-state index contributed by atoms with van der Waals surface area (Å²) in [6, 6.07) is 2.81. The van der Waals surface area contributed by atoms with Crippen LogP contribution in [0.5, 0.6) is 0 Å². The lowest BCUT2D eigenvalue weighted by molar-refractivity contribution is -0.147. The van der Waals surface area contributed by atoms with Gasteiger partial charge < -0.3 is 42.2 Å². The van der Waals surface area contributed by atoms with E-state index >= 15 is 0 Å². The highest BCUT2D eigenvalue weighted by molar-refractivity contribution is 5.95. The van der Waals surface area contributed by atoms with Crippen molar-refractivity contribution in [3.63, 3.8) is 0 Å². The first-order chi connectivity index (χ1) is 18.0. The Kier molecular flexibility index (Phi) is 9.42. The molecule has 1 saturated heterocycles. The van der Waals surface area contributed by atoms with Crippen LogP contribution in [0.2, 0.25) is 0 Å². The molecule has 0 radical (unpaired) electrons. The normalized spacial score (nSPS) is 18.4. The van der Waals surface area contributed by atoms with Gasteiger partial charge in [0.05, 0.1) is 12.1 Å². The van der Waals surface area contributed by atoms with E-state index in [0.717, 1.165) is 16.5 Å². The van der Waals surface area contributed by atoms with Gasteiger partial charge in [0.2, 0.25) is 23.6 Å². The standard InChI is InChI=1S/C25H34N6O7/c1-13(32)21(25(37)38)30-23(35)19-7-4-10-31(19)24(36)18(8-9-20(27)33)29-22(34)16(26)11-14-12-28-17-6-3-2-5-15(14)17/h2-3,5-6,12-13,16,18-19,21,28,32H,4,7-11,26H2,1H3,(H2,27,33)(H,29,34)(H,30,35)(H,37,38). The van der Waals surface area contributed by atoms with Gasteiger partial charge in [-0.3, -0.25) is 19.2 Å². The van der Waals surface area contributed by atoms with Crippen molar-refractivity contribution in [1.29, 1.82) is 0 Å². The van der Waals surface area contributed by atoms with Crippen molar-refractivity contribution < 1.29 is 34.2 Å². The van der Waals surface area contributed by atoms with E-state index in [1.165, 1.54) is 11.8 Å². The number of benzene rings is 1. The summed E-state index contributed by atoms with van der Waals surface area (Å²) < 4.78 is 0. The number of rotatable bonds is 12. The molecule has 2 aromatic rings. The number of carbonyl (C=O) groups excluding carboxylic acids is 4. The van der Waals surface area contributed by atoms with Crippen molar-refractivity contribution in [2.75, 3.05) is 6.54 Å². The molecule has 0 spiro atoms. The molecule has 1 aliphatic rings. The molecule has 2 heterocycles. The van der Waals surface area contributed by atoms with E-state index in [-0.39, 0.29) is 32.2 Å². The number of carboxylic acid groups (broad SMARTS) is 1. The van der Waals surface area contributed by atoms with Gasteiger partial charge in [-0.05, 0) is 44.2 Å². The van der Waals surface area contributed by atoms with Gasteiger partial charge in [-0.15, -0.1) is 0 Å². The highest BCUT2D eigenvalue weighted by Crippen LogP contribution is 2.21. The number of hydrogen-bond acceptors (Lipinski definition) is 7. The Bertz CT molecular complexity index is 1200. The van der Waals surface area contributed by atoms with Gasteiger partial charge in [0.25, 0.3) is 0 Å². The number of nitrogens with zero attached hydrogens (tertiary/aromatic N) is 1. The van der Waals surface area contributed by atoms with Crippen LogP contribution in [0.1, 0.15) is 38.2 Å². The molecule has 1 aromatic heterocycles. The Morgan fingerprint density at radius 3 is 2.55 bits per heavy atom. The third-order valence-corrected chi connectivity index (χ3v) is 6.63. The summed E-state index contributed by atoms with van der Waals surface area (Å²) in [7, 11) is 0. The van der Waals surface area contributed by atoms with Crippen molar-refractivity contribution in [1.82, 2.24) is 20.5 Å². The van der Waals surface area contributed by atoms with Gasteiger partial charge in [-0.2, -0.15) is 0 Å². The van der Waals surface area contributed by atoms with Crippen LogP contribution in [-0.2, 0) is 30.4 Å². The molecule has 0 bridgehead atoms. The van der Waals surface area contributed by atoms with Crippen molar-refractivity contribution in [2.24, 2.45) is 11.5 Å². The number of para-hydroxylation sites is 1. The van der Waals surface area contributed by atoms with Crippen LogP contribution in [0.25, 0.3) is 10.9 Å². The molecule has 4 amide bonds. The molecule has 38 heavy (non-hydrogen) atoms. The quantitative estimate of drug-likeness (QED) is 0.175. The fourth-order valence-corrected chi connectivity index (χ4v) is 4.59. The molecule has 13 nitrogen and oxygen atoms in total. The first kappa shape index (κ1) is 28.6. The zero-order valence-corrected chi connectivity index (χ0v) is 21.1. The van der Waals surface area contributed by atoms with Crippen molar-refractivity contribution in [3.8, 4) is 0 Å². The van der Waals surface area contributed by atoms with Gasteiger partial charge in [-0.25, -0.2) is 4.79 Å². The molecule has 1 aliphatic heterocycles. The first-order valence-corrected chi connectivity index (χ1v) is 12.4. The van der Waals surface area contributed by atoms with Gasteiger partial charge in [0.15, 0.2) is 6.04 Å². The van der Waals surface area contributed by atoms with Gasteiger partial charge in [0, 0.05) is 30.1 Å². The minimum atomic E-state index is -1.55. The van der Waals surface area contributed by atoms with E-state index in [0.29, 0.717) is 6.42 Å². The number of amides is 4. The second kappa shape index (κ2) is 12.5. The number of fused-ring (bicyclic) bond motifs is 1. The molecule has 206 valence electrons.